The van der Waals surface area contributed by atoms with Gasteiger partial charge in [-0.2, -0.15) is 5.26 Å². The Balaban J connectivity index is 2.31. The molecule has 0 aromatic carbocycles. The Labute approximate surface area is 122 Å². The molecule has 0 bridgehead atoms. The molecule has 0 aliphatic carbocycles. The molecule has 0 spiro atoms. The maximum atomic E-state index is 11.6. The predicted octanol–water partition coefficient (Wildman–Crippen LogP) is 2.41. The van der Waals surface area contributed by atoms with Crippen LogP contribution < -0.4 is 10.6 Å². The average Bonchev–Trinajstić information content (AvgIpc) is 3.03. The van der Waals surface area contributed by atoms with E-state index in [1.54, 1.807) is 0 Å². The number of carbonyl (C=O) groups excluding carboxylic acids is 1. The summed E-state index contributed by atoms with van der Waals surface area (Å²) in [7, 11) is 0. The van der Waals surface area contributed by atoms with Gasteiger partial charge in [0.2, 0.25) is 0 Å². The number of nitrogen functional groups attached to an aromatic ring is 1. The number of anilines is 2. The second-order valence-corrected chi connectivity index (χ2v) is 5.87. The minimum absolute atomic E-state index is 0.0941. The van der Waals surface area contributed by atoms with Crippen LogP contribution in [-0.4, -0.2) is 31.6 Å². The summed E-state index contributed by atoms with van der Waals surface area (Å²) in [6, 6.07) is 2.13. The maximum Gasteiger partial charge on any atom is 0.171 e. The van der Waals surface area contributed by atoms with Crippen molar-refractivity contribution in [2.45, 2.75) is 32.8 Å². The first-order valence-electron chi connectivity index (χ1n) is 6.78. The van der Waals surface area contributed by atoms with E-state index in [1.807, 2.05) is 6.92 Å². The Morgan fingerprint density at radius 2 is 2.40 bits per heavy atom. The van der Waals surface area contributed by atoms with Crippen LogP contribution >= 0.6 is 11.3 Å². The van der Waals surface area contributed by atoms with E-state index in [2.05, 4.69) is 11.0 Å². The van der Waals surface area contributed by atoms with Crippen molar-refractivity contribution in [3.63, 3.8) is 0 Å². The largest absolute Gasteiger partial charge is 0.396 e. The number of nitrogens with two attached hydrogens (primary N) is 1. The van der Waals surface area contributed by atoms with Crippen LogP contribution in [0.15, 0.2) is 0 Å². The van der Waals surface area contributed by atoms with Crippen LogP contribution in [0.3, 0.4) is 0 Å². The minimum atomic E-state index is -0.0941. The fourth-order valence-corrected chi connectivity index (χ4v) is 3.55. The Hall–Kier alpha value is -1.58. The normalized spacial score (nSPS) is 17.9. The summed E-state index contributed by atoms with van der Waals surface area (Å²) < 4.78 is 5.65. The number of rotatable bonds is 5. The molecular formula is C14H19N3O2S. The van der Waals surface area contributed by atoms with Crippen LogP contribution in [-0.2, 0) is 4.74 Å². The zero-order chi connectivity index (χ0) is 14.7. The SMILES string of the molecule is CCN(CC1CCCO1)c1sc(C(C)=O)c(N)c1C#N. The van der Waals surface area contributed by atoms with Crippen molar-refractivity contribution in [1.82, 2.24) is 0 Å². The first kappa shape index (κ1) is 14.8. The highest BCUT2D eigenvalue weighted by atomic mass is 32.1. The van der Waals surface area contributed by atoms with Gasteiger partial charge in [0.05, 0.1) is 16.7 Å². The Morgan fingerprint density at radius 3 is 2.90 bits per heavy atom. The van der Waals surface area contributed by atoms with E-state index in [0.29, 0.717) is 16.1 Å². The van der Waals surface area contributed by atoms with Crippen LogP contribution in [0.25, 0.3) is 0 Å². The van der Waals surface area contributed by atoms with Gasteiger partial charge in [-0.1, -0.05) is 0 Å². The third-order valence-electron chi connectivity index (χ3n) is 3.48. The molecule has 1 aromatic heterocycles. The van der Waals surface area contributed by atoms with Gasteiger partial charge in [0, 0.05) is 26.6 Å². The number of Topliss-reactive ketones (excluding diaryl/α,β-unsaturated/α-hetero) is 1. The number of hydrogen-bond acceptors (Lipinski definition) is 6. The number of carbonyl (C=O) groups is 1. The standard InChI is InChI=1S/C14H19N3O2S/c1-3-17(8-10-5-4-6-19-10)14-11(7-15)12(16)13(20-14)9(2)18/h10H,3-6,8,16H2,1-2H3. The summed E-state index contributed by atoms with van der Waals surface area (Å²) in [5, 5.41) is 10.1. The smallest absolute Gasteiger partial charge is 0.171 e. The zero-order valence-electron chi connectivity index (χ0n) is 11.8. The van der Waals surface area contributed by atoms with Gasteiger partial charge in [-0.15, -0.1) is 11.3 Å². The summed E-state index contributed by atoms with van der Waals surface area (Å²) in [5.41, 5.74) is 6.65. The van der Waals surface area contributed by atoms with Crippen molar-refractivity contribution in [2.24, 2.45) is 0 Å². The quantitative estimate of drug-likeness (QED) is 0.843. The zero-order valence-corrected chi connectivity index (χ0v) is 12.6. The van der Waals surface area contributed by atoms with Gasteiger partial charge in [0.15, 0.2) is 5.78 Å². The van der Waals surface area contributed by atoms with Crippen molar-refractivity contribution < 1.29 is 9.53 Å². The first-order valence-corrected chi connectivity index (χ1v) is 7.60. The highest BCUT2D eigenvalue weighted by molar-refractivity contribution is 7.19. The molecule has 1 saturated heterocycles. The summed E-state index contributed by atoms with van der Waals surface area (Å²) in [4.78, 5) is 14.1. The van der Waals surface area contributed by atoms with E-state index in [-0.39, 0.29) is 11.9 Å². The summed E-state index contributed by atoms with van der Waals surface area (Å²) in [6.07, 6.45) is 2.32. The van der Waals surface area contributed by atoms with Crippen LogP contribution in [0.5, 0.6) is 0 Å². The van der Waals surface area contributed by atoms with Crippen LogP contribution in [0, 0.1) is 11.3 Å². The summed E-state index contributed by atoms with van der Waals surface area (Å²) in [5.74, 6) is -0.0941. The highest BCUT2D eigenvalue weighted by Gasteiger charge is 2.25. The molecule has 0 saturated carbocycles. The average molecular weight is 293 g/mol. The third kappa shape index (κ3) is 2.79. The molecule has 2 heterocycles. The van der Waals surface area contributed by atoms with E-state index in [9.17, 15) is 10.1 Å². The van der Waals surface area contributed by atoms with E-state index >= 15 is 0 Å². The molecular weight excluding hydrogens is 274 g/mol. The van der Waals surface area contributed by atoms with Gasteiger partial charge in [-0.25, -0.2) is 0 Å². The van der Waals surface area contributed by atoms with E-state index in [4.69, 9.17) is 10.5 Å². The Kier molecular flexibility index (Phi) is 4.63. The molecule has 6 heteroatoms. The monoisotopic (exact) mass is 293 g/mol. The molecule has 1 atom stereocenters. The van der Waals surface area contributed by atoms with Gasteiger partial charge in [-0.05, 0) is 19.8 Å². The van der Waals surface area contributed by atoms with Gasteiger partial charge < -0.3 is 15.4 Å². The first-order chi connectivity index (χ1) is 9.58. The van der Waals surface area contributed by atoms with Gasteiger partial charge in [0.25, 0.3) is 0 Å². The number of hydrogen-bond donors (Lipinski definition) is 1. The summed E-state index contributed by atoms with van der Waals surface area (Å²) in [6.45, 7) is 5.80. The second-order valence-electron chi connectivity index (χ2n) is 4.87. The number of nitrogens with zero attached hydrogens (tertiary/aromatic N) is 2. The molecule has 1 unspecified atom stereocenters. The molecule has 2 rings (SSSR count). The topological polar surface area (TPSA) is 79.3 Å². The molecule has 1 aliphatic heterocycles. The van der Waals surface area contributed by atoms with Crippen LogP contribution in [0.1, 0.15) is 41.9 Å². The highest BCUT2D eigenvalue weighted by Crippen LogP contribution is 2.38. The molecule has 5 nitrogen and oxygen atoms in total. The lowest BCUT2D eigenvalue weighted by molar-refractivity contribution is 0.102. The van der Waals surface area contributed by atoms with E-state index in [1.165, 1.54) is 18.3 Å². The van der Waals surface area contributed by atoms with E-state index in [0.717, 1.165) is 37.5 Å². The fourth-order valence-electron chi connectivity index (χ4n) is 2.41. The van der Waals surface area contributed by atoms with Gasteiger partial charge >= 0.3 is 0 Å². The van der Waals surface area contributed by atoms with E-state index < -0.39 is 0 Å². The predicted molar refractivity (Wildman–Crippen MR) is 80.3 cm³/mol. The lowest BCUT2D eigenvalue weighted by atomic mass is 10.2. The van der Waals surface area contributed by atoms with Crippen molar-refractivity contribution in [3.8, 4) is 6.07 Å². The molecule has 1 fully saturated rings. The molecule has 0 radical (unpaired) electrons. The lowest BCUT2D eigenvalue weighted by Crippen LogP contribution is -2.31. The number of ketones is 1. The van der Waals surface area contributed by atoms with Gasteiger partial charge in [-0.3, -0.25) is 4.79 Å². The molecule has 2 N–H and O–H groups in total. The maximum absolute atomic E-state index is 11.6. The fraction of sp³-hybridized carbons (Fsp3) is 0.571. The van der Waals surface area contributed by atoms with Crippen LogP contribution in [0.2, 0.25) is 0 Å². The molecule has 20 heavy (non-hydrogen) atoms. The second kappa shape index (κ2) is 6.25. The molecule has 0 amide bonds. The number of likely N-dealkylation sites (N-methyl/N-ethyl adjacent to an activating group) is 1. The molecule has 1 aliphatic rings. The third-order valence-corrected chi connectivity index (χ3v) is 4.84. The van der Waals surface area contributed by atoms with Crippen molar-refractivity contribution in [2.75, 3.05) is 30.3 Å². The minimum Gasteiger partial charge on any atom is -0.396 e. The Bertz CT molecular complexity index is 541. The lowest BCUT2D eigenvalue weighted by Gasteiger charge is -2.24. The molecule has 108 valence electrons. The molecule has 1 aromatic rings. The van der Waals surface area contributed by atoms with Crippen molar-refractivity contribution >= 4 is 27.8 Å². The van der Waals surface area contributed by atoms with Crippen molar-refractivity contribution in [3.05, 3.63) is 10.4 Å². The number of ether oxygens (including phenoxy) is 1. The van der Waals surface area contributed by atoms with Crippen molar-refractivity contribution in [1.29, 1.82) is 5.26 Å². The summed E-state index contributed by atoms with van der Waals surface area (Å²) >= 11 is 1.31. The number of nitriles is 1. The van der Waals surface area contributed by atoms with Gasteiger partial charge in [0.1, 0.15) is 16.6 Å². The van der Waals surface area contributed by atoms with Crippen LogP contribution in [0.4, 0.5) is 10.7 Å². The Morgan fingerprint density at radius 1 is 1.65 bits per heavy atom. The number of thiophene rings is 1.